The van der Waals surface area contributed by atoms with E-state index in [4.69, 9.17) is 33.1 Å². The highest BCUT2D eigenvalue weighted by molar-refractivity contribution is 6.26. The van der Waals surface area contributed by atoms with Gasteiger partial charge in [0.05, 0.1) is 36.0 Å². The normalized spacial score (nSPS) is 28.5. The third-order valence-electron chi connectivity index (χ3n) is 12.6. The van der Waals surface area contributed by atoms with Crippen LogP contribution in [0, 0.1) is 36.5 Å². The van der Waals surface area contributed by atoms with Gasteiger partial charge < -0.3 is 48.9 Å². The molecule has 64 heavy (non-hydrogen) atoms. The lowest BCUT2D eigenvalue weighted by molar-refractivity contribution is -0.157. The zero-order valence-electron chi connectivity index (χ0n) is 38.0. The van der Waals surface area contributed by atoms with E-state index in [0.717, 1.165) is 0 Å². The summed E-state index contributed by atoms with van der Waals surface area (Å²) in [5.74, 6) is -5.99. The minimum Gasteiger partial charge on any atom is -0.505 e. The number of methoxy groups -OCH3 is 1. The lowest BCUT2D eigenvalue weighted by atomic mass is 9.73. The number of esters is 1. The number of aromatic nitrogens is 1. The molecule has 0 radical (unpaired) electrons. The van der Waals surface area contributed by atoms with Crippen LogP contribution < -0.4 is 25.5 Å². The summed E-state index contributed by atoms with van der Waals surface area (Å²) in [4.78, 5) is 71.6. The van der Waals surface area contributed by atoms with Gasteiger partial charge in [-0.05, 0) is 49.8 Å². The number of anilines is 1. The summed E-state index contributed by atoms with van der Waals surface area (Å²) in [6, 6.07) is 4.77. The smallest absolute Gasteiger partial charge is 0.312 e. The Bertz CT molecular complexity index is 2670. The maximum atomic E-state index is 14.7. The molecule has 2 aliphatic rings. The minimum atomic E-state index is -2.03. The molecule has 0 unspecified atom stereocenters. The Morgan fingerprint density at radius 3 is 2.38 bits per heavy atom. The van der Waals surface area contributed by atoms with Crippen molar-refractivity contribution in [2.75, 3.05) is 25.6 Å². The summed E-state index contributed by atoms with van der Waals surface area (Å²) in [6.07, 6.45) is 5.62. The maximum Gasteiger partial charge on any atom is 0.312 e. The van der Waals surface area contributed by atoms with Gasteiger partial charge in [-0.2, -0.15) is 0 Å². The first-order valence-electron chi connectivity index (χ1n) is 21.3. The Hall–Kier alpha value is -6.26. The van der Waals surface area contributed by atoms with E-state index in [1.807, 2.05) is 34.6 Å². The molecule has 0 saturated carbocycles. The average Bonchev–Trinajstić information content (AvgIpc) is 3.52. The van der Waals surface area contributed by atoms with Crippen LogP contribution in [-0.4, -0.2) is 83.1 Å². The molecule has 2 amide bonds. The van der Waals surface area contributed by atoms with Crippen LogP contribution >= 0.6 is 0 Å². The van der Waals surface area contributed by atoms with Gasteiger partial charge in [-0.1, -0.05) is 52.8 Å². The molecule has 6 rings (SSSR count). The van der Waals surface area contributed by atoms with Crippen molar-refractivity contribution < 1.29 is 57.5 Å². The van der Waals surface area contributed by atoms with Gasteiger partial charge in [0.15, 0.2) is 22.3 Å². The standard InChI is InChI=1S/C48H57N3O13/c1-22-13-12-14-23(2)47(58)51-39-42(56)36-35(38-45(39)63-34-21-31(15-16-32(34)50-38)60-20-18-49-29(8)52)37-44(28(7)41(36)55)64-48(10,46(37)57)61-19-17-33(59-11)27(6)43(62-30(9)53)26(5)24(3)25(4)40(22)54/h12-17,19,21-22,24-27,33,40,43,54,56H,18,20H2,1-11H3,(H,49,52)(H,51,58)/b13-12+,19-17+,23-14-/t22-,24+,25-,26+,27+,33-,40-,43-,48-/m0/s1. The molecule has 3 heterocycles. The van der Waals surface area contributed by atoms with Crippen molar-refractivity contribution in [1.29, 1.82) is 0 Å². The number of phenolic OH excluding ortho intramolecular Hbond substituents is 1. The van der Waals surface area contributed by atoms with Crippen molar-refractivity contribution in [3.63, 3.8) is 0 Å². The van der Waals surface area contributed by atoms with E-state index in [0.29, 0.717) is 5.75 Å². The van der Waals surface area contributed by atoms with E-state index in [-0.39, 0.29) is 104 Å². The molecule has 1 aromatic heterocycles. The van der Waals surface area contributed by atoms with Crippen LogP contribution in [0.1, 0.15) is 78.2 Å². The number of carbonyl (C=O) groups excluding carboxylic acids is 4. The number of aliphatic hydroxyl groups excluding tert-OH is 1. The number of aliphatic hydroxyl groups is 1. The number of hydrogen-bond acceptors (Lipinski definition) is 14. The van der Waals surface area contributed by atoms with Crippen LogP contribution in [0.5, 0.6) is 17.2 Å². The molecule has 0 fully saturated rings. The van der Waals surface area contributed by atoms with Crippen molar-refractivity contribution in [1.82, 2.24) is 10.3 Å². The summed E-state index contributed by atoms with van der Waals surface area (Å²) >= 11 is 0. The van der Waals surface area contributed by atoms with E-state index in [2.05, 4.69) is 10.6 Å². The summed E-state index contributed by atoms with van der Waals surface area (Å²) < 4.78 is 36.3. The number of hydrogen-bond donors (Lipinski definition) is 4. The molecular formula is C48H57N3O13. The Kier molecular flexibility index (Phi) is 13.9. The molecule has 342 valence electrons. The SMILES string of the molecule is CO[C@H]1/C=C/O[C@@]2(C)Oc3c(C)c(=O)c4c(O)c(c5oc6cc(OCCNC(C)=O)ccc6nc5c4c3C2=O)NC(=O)/C(C)=C\C=C\[C@H](C)[C@H](O)[C@@H](C)[C@@H](C)[C@@H](C)[C@H](OC(C)=O)[C@@H]1C. The topological polar surface area (TPSA) is 222 Å². The largest absolute Gasteiger partial charge is 0.505 e. The Labute approximate surface area is 370 Å². The second-order valence-corrected chi connectivity index (χ2v) is 17.1. The number of nitrogens with zero attached hydrogens (tertiary/aromatic N) is 1. The first-order chi connectivity index (χ1) is 30.2. The van der Waals surface area contributed by atoms with Gasteiger partial charge in [0, 0.05) is 62.3 Å². The fourth-order valence-corrected chi connectivity index (χ4v) is 8.49. The highest BCUT2D eigenvalue weighted by Gasteiger charge is 2.49. The molecule has 2 aliphatic heterocycles. The molecular weight excluding hydrogens is 827 g/mol. The van der Waals surface area contributed by atoms with E-state index in [9.17, 15) is 34.2 Å². The number of rotatable bonds is 6. The summed E-state index contributed by atoms with van der Waals surface area (Å²) in [7, 11) is 1.49. The molecule has 3 aromatic carbocycles. The van der Waals surface area contributed by atoms with Crippen LogP contribution in [0.15, 0.2) is 63.6 Å². The quantitative estimate of drug-likeness (QED) is 0.0515. The number of amides is 2. The van der Waals surface area contributed by atoms with E-state index >= 15 is 0 Å². The maximum absolute atomic E-state index is 14.7. The lowest BCUT2D eigenvalue weighted by Crippen LogP contribution is -2.43. The fraction of sp³-hybridized carbons (Fsp3) is 0.458. The number of fused-ring (bicyclic) bond motifs is 2. The number of ketones is 1. The molecule has 4 bridgehead atoms. The van der Waals surface area contributed by atoms with Gasteiger partial charge in [0.25, 0.3) is 11.7 Å². The van der Waals surface area contributed by atoms with Gasteiger partial charge in [-0.15, -0.1) is 0 Å². The van der Waals surface area contributed by atoms with Crippen molar-refractivity contribution in [3.05, 3.63) is 75.7 Å². The van der Waals surface area contributed by atoms with E-state index in [1.54, 1.807) is 49.4 Å². The van der Waals surface area contributed by atoms with Gasteiger partial charge in [-0.25, -0.2) is 4.98 Å². The van der Waals surface area contributed by atoms with Crippen LogP contribution in [-0.2, 0) is 28.6 Å². The van der Waals surface area contributed by atoms with E-state index < -0.39 is 58.9 Å². The lowest BCUT2D eigenvalue weighted by Gasteiger charge is -2.39. The van der Waals surface area contributed by atoms with Crippen molar-refractivity contribution >= 4 is 62.2 Å². The monoisotopic (exact) mass is 883 g/mol. The highest BCUT2D eigenvalue weighted by Crippen LogP contribution is 2.48. The number of nitrogens with one attached hydrogen (secondary N) is 2. The van der Waals surface area contributed by atoms with Crippen LogP contribution in [0.4, 0.5) is 5.69 Å². The molecule has 0 saturated heterocycles. The fourth-order valence-electron chi connectivity index (χ4n) is 8.49. The van der Waals surface area contributed by atoms with Crippen LogP contribution in [0.25, 0.3) is 33.0 Å². The third-order valence-corrected chi connectivity index (χ3v) is 12.6. The summed E-state index contributed by atoms with van der Waals surface area (Å²) in [5, 5.41) is 28.6. The average molecular weight is 884 g/mol. The molecule has 16 nitrogen and oxygen atoms in total. The number of ether oxygens (including phenoxy) is 5. The van der Waals surface area contributed by atoms with Gasteiger partial charge in [0.2, 0.25) is 5.91 Å². The molecule has 0 aliphatic carbocycles. The number of aromatic hydroxyl groups is 1. The molecule has 16 heteroatoms. The highest BCUT2D eigenvalue weighted by atomic mass is 16.7. The predicted molar refractivity (Wildman–Crippen MR) is 239 cm³/mol. The minimum absolute atomic E-state index is 0.00847. The third kappa shape index (κ3) is 9.06. The number of benzene rings is 3. The Morgan fingerprint density at radius 2 is 1.70 bits per heavy atom. The van der Waals surface area contributed by atoms with E-state index in [1.165, 1.54) is 41.1 Å². The van der Waals surface area contributed by atoms with Crippen LogP contribution in [0.2, 0.25) is 0 Å². The molecule has 4 aromatic rings. The first kappa shape index (κ1) is 47.2. The van der Waals surface area contributed by atoms with Gasteiger partial charge in [0.1, 0.15) is 40.9 Å². The number of Topliss-reactive ketones (excluding diaryl/α,β-unsaturated/α-hetero) is 1. The number of phenols is 1. The van der Waals surface area contributed by atoms with Crippen molar-refractivity contribution in [3.8, 4) is 17.2 Å². The Balaban J connectivity index is 1.57. The predicted octanol–water partition coefficient (Wildman–Crippen LogP) is 6.79. The molecule has 9 atom stereocenters. The second kappa shape index (κ2) is 18.8. The van der Waals surface area contributed by atoms with Crippen molar-refractivity contribution in [2.45, 2.75) is 93.3 Å². The molecule has 4 N–H and O–H groups in total. The molecule has 0 spiro atoms. The zero-order chi connectivity index (χ0) is 46.9. The van der Waals surface area contributed by atoms with Crippen LogP contribution in [0.3, 0.4) is 0 Å². The Morgan fingerprint density at radius 1 is 0.984 bits per heavy atom. The first-order valence-corrected chi connectivity index (χ1v) is 21.3. The second-order valence-electron chi connectivity index (χ2n) is 17.1. The van der Waals surface area contributed by atoms with Gasteiger partial charge in [-0.3, -0.25) is 24.0 Å². The number of allylic oxidation sites excluding steroid dienone is 2. The zero-order valence-corrected chi connectivity index (χ0v) is 38.0. The summed E-state index contributed by atoms with van der Waals surface area (Å²) in [6.45, 7) is 17.1. The van der Waals surface area contributed by atoms with Crippen molar-refractivity contribution in [2.24, 2.45) is 29.6 Å². The summed E-state index contributed by atoms with van der Waals surface area (Å²) in [5.41, 5.74) is -0.654. The number of carbonyl (C=O) groups is 4. The van der Waals surface area contributed by atoms with Gasteiger partial charge >= 0.3 is 11.8 Å².